The van der Waals surface area contributed by atoms with Gasteiger partial charge in [0, 0.05) is 12.1 Å². The average Bonchev–Trinajstić information content (AvgIpc) is 2.05. The molecule has 3 nitrogen and oxygen atoms in total. The molecule has 0 spiro atoms. The molecule has 0 bridgehead atoms. The Labute approximate surface area is 84.0 Å². The highest BCUT2D eigenvalue weighted by molar-refractivity contribution is 7.13. The van der Waals surface area contributed by atoms with Gasteiger partial charge in [0.25, 0.3) is 0 Å². The van der Waals surface area contributed by atoms with Crippen LogP contribution in [0.3, 0.4) is 0 Å². The number of hydrogen-bond acceptors (Lipinski definition) is 3. The van der Waals surface area contributed by atoms with E-state index in [-0.39, 0.29) is 13.0 Å². The van der Waals surface area contributed by atoms with Gasteiger partial charge in [-0.2, -0.15) is 5.26 Å². The van der Waals surface area contributed by atoms with Crippen LogP contribution in [0.1, 0.15) is 34.1 Å². The van der Waals surface area contributed by atoms with E-state index in [0.29, 0.717) is 12.1 Å². The van der Waals surface area contributed by atoms with Gasteiger partial charge in [0.2, 0.25) is 0 Å². The summed E-state index contributed by atoms with van der Waals surface area (Å²) in [6.45, 7) is 8.73. The first kappa shape index (κ1) is 15.3. The molecular weight excluding hydrogens is 183 g/mol. The van der Waals surface area contributed by atoms with Gasteiger partial charge in [0.05, 0.1) is 19.1 Å². The lowest BCUT2D eigenvalue weighted by molar-refractivity contribution is 0.304. The van der Waals surface area contributed by atoms with Crippen molar-refractivity contribution in [2.75, 3.05) is 6.61 Å². The monoisotopic (exact) mass is 204 g/mol. The Bertz CT molecular complexity index is 135. The van der Waals surface area contributed by atoms with Crippen LogP contribution >= 0.6 is 9.39 Å². The normalized spacial score (nSPS) is 9.85. The predicted octanol–water partition coefficient (Wildman–Crippen LogP) is 1.79. The van der Waals surface area contributed by atoms with Gasteiger partial charge in [-0.15, -0.1) is 0 Å². The van der Waals surface area contributed by atoms with Gasteiger partial charge >= 0.3 is 0 Å². The third-order valence-electron chi connectivity index (χ3n) is 1.42. The van der Waals surface area contributed by atoms with Crippen molar-refractivity contribution >= 4 is 9.39 Å². The van der Waals surface area contributed by atoms with Crippen molar-refractivity contribution in [3.63, 3.8) is 0 Å². The van der Waals surface area contributed by atoms with Gasteiger partial charge in [-0.05, 0) is 27.7 Å². The zero-order chi connectivity index (χ0) is 10.9. The molecule has 13 heavy (non-hydrogen) atoms. The first-order chi connectivity index (χ1) is 5.97. The molecule has 1 atom stereocenters. The molecule has 0 rings (SSSR count). The fourth-order valence-electron chi connectivity index (χ4n) is 0.646. The van der Waals surface area contributed by atoms with E-state index in [0.717, 1.165) is 0 Å². The molecule has 0 aliphatic carbocycles. The molecule has 0 aliphatic heterocycles. The van der Waals surface area contributed by atoms with Crippen LogP contribution in [-0.2, 0) is 0 Å². The summed E-state index contributed by atoms with van der Waals surface area (Å²) in [5, 5.41) is 15.5. The molecule has 78 valence electrons. The number of hydrogen-bond donors (Lipinski definition) is 1. The Morgan fingerprint density at radius 1 is 1.31 bits per heavy atom. The number of aliphatic hydroxyl groups is 1. The fraction of sp³-hybridized carbons (Fsp3) is 0.889. The SMILES string of the molecule is CC(C)N(P)C(C)C.N#CCCO. The van der Waals surface area contributed by atoms with Crippen LogP contribution in [-0.4, -0.2) is 28.5 Å². The summed E-state index contributed by atoms with van der Waals surface area (Å²) in [6, 6.07) is 3.05. The Hall–Kier alpha value is -0.160. The molecular formula is C9H21N2OP. The molecule has 0 aromatic rings. The molecule has 0 saturated heterocycles. The second-order valence-electron chi connectivity index (χ2n) is 3.27. The minimum absolute atomic E-state index is 0.0174. The summed E-state index contributed by atoms with van der Waals surface area (Å²) in [6.07, 6.45) is 0.250. The van der Waals surface area contributed by atoms with Crippen molar-refractivity contribution in [2.45, 2.75) is 46.2 Å². The van der Waals surface area contributed by atoms with E-state index in [9.17, 15) is 0 Å². The number of nitriles is 1. The smallest absolute Gasteiger partial charge is 0.0645 e. The van der Waals surface area contributed by atoms with Gasteiger partial charge in [0.15, 0.2) is 0 Å². The number of nitrogens with zero attached hydrogens (tertiary/aromatic N) is 2. The zero-order valence-electron chi connectivity index (χ0n) is 8.99. The van der Waals surface area contributed by atoms with Crippen molar-refractivity contribution in [1.29, 1.82) is 5.26 Å². The van der Waals surface area contributed by atoms with Crippen LogP contribution in [0, 0.1) is 11.3 Å². The molecule has 0 aromatic heterocycles. The van der Waals surface area contributed by atoms with E-state index < -0.39 is 0 Å². The molecule has 4 heteroatoms. The topological polar surface area (TPSA) is 47.3 Å². The van der Waals surface area contributed by atoms with Crippen LogP contribution in [0.2, 0.25) is 0 Å². The molecule has 0 saturated carbocycles. The first-order valence-corrected chi connectivity index (χ1v) is 4.99. The van der Waals surface area contributed by atoms with E-state index in [1.54, 1.807) is 6.07 Å². The Balaban J connectivity index is 0. The summed E-state index contributed by atoms with van der Waals surface area (Å²) in [5.74, 6) is 0. The van der Waals surface area contributed by atoms with Crippen LogP contribution in [0.5, 0.6) is 0 Å². The summed E-state index contributed by atoms with van der Waals surface area (Å²) in [4.78, 5) is 0. The number of rotatable bonds is 3. The Kier molecular flexibility index (Phi) is 11.7. The molecule has 0 aromatic carbocycles. The molecule has 0 fully saturated rings. The van der Waals surface area contributed by atoms with Crippen molar-refractivity contribution in [3.05, 3.63) is 0 Å². The maximum Gasteiger partial charge on any atom is 0.0645 e. The van der Waals surface area contributed by atoms with Crippen molar-refractivity contribution in [1.82, 2.24) is 4.67 Å². The quantitative estimate of drug-likeness (QED) is 0.713. The van der Waals surface area contributed by atoms with Crippen LogP contribution in [0.4, 0.5) is 0 Å². The second-order valence-corrected chi connectivity index (χ2v) is 3.86. The highest BCUT2D eigenvalue weighted by atomic mass is 31.0. The van der Waals surface area contributed by atoms with Crippen LogP contribution < -0.4 is 0 Å². The lowest BCUT2D eigenvalue weighted by atomic mass is 10.3. The molecule has 0 aliphatic rings. The number of aliphatic hydroxyl groups excluding tert-OH is 1. The Morgan fingerprint density at radius 3 is 1.69 bits per heavy atom. The van der Waals surface area contributed by atoms with E-state index in [1.807, 2.05) is 0 Å². The van der Waals surface area contributed by atoms with E-state index >= 15 is 0 Å². The van der Waals surface area contributed by atoms with Crippen LogP contribution in [0.25, 0.3) is 0 Å². The standard InChI is InChI=1S/C6H16NP.C3H5NO/c1-5(2)7(8)6(3)4;4-2-1-3-5/h5-6H,8H2,1-4H3;5H,1,3H2. The van der Waals surface area contributed by atoms with Gasteiger partial charge in [-0.25, -0.2) is 0 Å². The van der Waals surface area contributed by atoms with E-state index in [2.05, 4.69) is 41.8 Å². The summed E-state index contributed by atoms with van der Waals surface area (Å²) >= 11 is 0. The third-order valence-corrected chi connectivity index (χ3v) is 2.61. The largest absolute Gasteiger partial charge is 0.395 e. The lowest BCUT2D eigenvalue weighted by Crippen LogP contribution is -2.26. The summed E-state index contributed by atoms with van der Waals surface area (Å²) in [5.41, 5.74) is 0. The fourth-order valence-corrected chi connectivity index (χ4v) is 0.646. The maximum atomic E-state index is 7.84. The van der Waals surface area contributed by atoms with E-state index in [4.69, 9.17) is 10.4 Å². The molecule has 0 radical (unpaired) electrons. The van der Waals surface area contributed by atoms with Crippen LogP contribution in [0.15, 0.2) is 0 Å². The lowest BCUT2D eigenvalue weighted by Gasteiger charge is -2.24. The van der Waals surface area contributed by atoms with Crippen molar-refractivity contribution in [2.24, 2.45) is 0 Å². The van der Waals surface area contributed by atoms with Gasteiger partial charge in [-0.3, -0.25) is 4.67 Å². The predicted molar refractivity (Wildman–Crippen MR) is 59.1 cm³/mol. The third kappa shape index (κ3) is 11.8. The first-order valence-electron chi connectivity index (χ1n) is 4.48. The summed E-state index contributed by atoms with van der Waals surface area (Å²) < 4.78 is 2.25. The maximum absolute atomic E-state index is 7.84. The minimum Gasteiger partial charge on any atom is -0.395 e. The highest BCUT2D eigenvalue weighted by Crippen LogP contribution is 2.09. The second kappa shape index (κ2) is 9.92. The minimum atomic E-state index is -0.0174. The van der Waals surface area contributed by atoms with Gasteiger partial charge in [0.1, 0.15) is 0 Å². The van der Waals surface area contributed by atoms with E-state index in [1.165, 1.54) is 0 Å². The summed E-state index contributed by atoms with van der Waals surface area (Å²) in [7, 11) is 2.72. The molecule has 0 amide bonds. The Morgan fingerprint density at radius 2 is 1.69 bits per heavy atom. The molecule has 0 heterocycles. The molecule has 1 unspecified atom stereocenters. The average molecular weight is 204 g/mol. The van der Waals surface area contributed by atoms with Gasteiger partial charge in [-0.1, -0.05) is 9.39 Å². The van der Waals surface area contributed by atoms with Crippen molar-refractivity contribution < 1.29 is 5.11 Å². The zero-order valence-corrected chi connectivity index (χ0v) is 10.1. The van der Waals surface area contributed by atoms with Crippen molar-refractivity contribution in [3.8, 4) is 6.07 Å². The van der Waals surface area contributed by atoms with Gasteiger partial charge < -0.3 is 5.11 Å². The highest BCUT2D eigenvalue weighted by Gasteiger charge is 2.05. The molecule has 1 N–H and O–H groups in total.